The Balaban J connectivity index is 2.65. The average Bonchev–Trinajstić information content (AvgIpc) is 2.82. The summed E-state index contributed by atoms with van der Waals surface area (Å²) < 4.78 is 39.9. The van der Waals surface area contributed by atoms with E-state index in [2.05, 4.69) is 26.3 Å². The minimum atomic E-state index is -4.63. The highest BCUT2D eigenvalue weighted by Crippen LogP contribution is 2.40. The molecule has 0 saturated heterocycles. The van der Waals surface area contributed by atoms with Crippen molar-refractivity contribution in [2.75, 3.05) is 5.32 Å². The molecule has 1 amide bonds. The van der Waals surface area contributed by atoms with Gasteiger partial charge in [-0.05, 0) is 34.5 Å². The third kappa shape index (κ3) is 4.14. The number of nitriles is 1. The van der Waals surface area contributed by atoms with Gasteiger partial charge in [0.25, 0.3) is 0 Å². The van der Waals surface area contributed by atoms with E-state index in [0.29, 0.717) is 18.6 Å². The molecule has 26 heavy (non-hydrogen) atoms. The molecule has 0 bridgehead atoms. The predicted octanol–water partition coefficient (Wildman–Crippen LogP) is 5.57. The van der Waals surface area contributed by atoms with E-state index in [1.54, 1.807) is 6.92 Å². The van der Waals surface area contributed by atoms with Crippen molar-refractivity contribution in [1.29, 1.82) is 5.26 Å². The SMILES string of the molecule is CCCC(=O)Nc1c(Br)c(C#N)nn1-c1c(Cl)cc(C(F)(F)F)cc1Cl. The molecule has 0 aliphatic carbocycles. The number of rotatable bonds is 4. The summed E-state index contributed by atoms with van der Waals surface area (Å²) in [5.41, 5.74) is -1.21. The van der Waals surface area contributed by atoms with Crippen LogP contribution in [0, 0.1) is 11.3 Å². The van der Waals surface area contributed by atoms with Crippen LogP contribution in [0.25, 0.3) is 5.69 Å². The first-order valence-electron chi connectivity index (χ1n) is 7.15. The van der Waals surface area contributed by atoms with Gasteiger partial charge < -0.3 is 5.32 Å². The number of alkyl halides is 3. The number of benzene rings is 1. The molecule has 5 nitrogen and oxygen atoms in total. The van der Waals surface area contributed by atoms with Crippen LogP contribution in [0.15, 0.2) is 16.6 Å². The van der Waals surface area contributed by atoms with Crippen molar-refractivity contribution in [3.8, 4) is 11.8 Å². The quantitative estimate of drug-likeness (QED) is 0.636. The van der Waals surface area contributed by atoms with Crippen LogP contribution in [-0.4, -0.2) is 15.7 Å². The number of anilines is 1. The van der Waals surface area contributed by atoms with E-state index in [9.17, 15) is 18.0 Å². The highest BCUT2D eigenvalue weighted by atomic mass is 79.9. The normalized spacial score (nSPS) is 11.3. The summed E-state index contributed by atoms with van der Waals surface area (Å²) >= 11 is 15.1. The Morgan fingerprint density at radius 3 is 2.42 bits per heavy atom. The Labute approximate surface area is 164 Å². The van der Waals surface area contributed by atoms with Gasteiger partial charge in [0.05, 0.1) is 20.1 Å². The summed E-state index contributed by atoms with van der Waals surface area (Å²) in [4.78, 5) is 11.9. The number of aromatic nitrogens is 2. The standard InChI is InChI=1S/C15H10BrCl2F3N4O/c1-2-3-11(26)23-14-12(16)10(6-22)24-25(14)13-8(17)4-7(5-9(13)18)15(19,20)21/h4-5H,2-3H2,1H3,(H,23,26). The number of hydrogen-bond acceptors (Lipinski definition) is 3. The van der Waals surface area contributed by atoms with E-state index in [0.717, 1.165) is 4.68 Å². The van der Waals surface area contributed by atoms with E-state index in [4.69, 9.17) is 28.5 Å². The zero-order valence-electron chi connectivity index (χ0n) is 13.1. The van der Waals surface area contributed by atoms with Gasteiger partial charge in [-0.2, -0.15) is 23.5 Å². The zero-order valence-corrected chi connectivity index (χ0v) is 16.2. The summed E-state index contributed by atoms with van der Waals surface area (Å²) in [5, 5.41) is 15.0. The fourth-order valence-corrected chi connectivity index (χ4v) is 3.18. The van der Waals surface area contributed by atoms with Crippen LogP contribution >= 0.6 is 39.1 Å². The lowest BCUT2D eigenvalue weighted by Gasteiger charge is -2.15. The van der Waals surface area contributed by atoms with Crippen LogP contribution in [0.3, 0.4) is 0 Å². The van der Waals surface area contributed by atoms with Crippen LogP contribution in [-0.2, 0) is 11.0 Å². The smallest absolute Gasteiger partial charge is 0.310 e. The maximum absolute atomic E-state index is 12.9. The van der Waals surface area contributed by atoms with E-state index in [1.807, 2.05) is 6.07 Å². The van der Waals surface area contributed by atoms with Crippen molar-refractivity contribution < 1.29 is 18.0 Å². The Hall–Kier alpha value is -1.76. The van der Waals surface area contributed by atoms with Gasteiger partial charge in [-0.3, -0.25) is 4.79 Å². The second-order valence-corrected chi connectivity index (χ2v) is 6.73. The van der Waals surface area contributed by atoms with Crippen molar-refractivity contribution in [2.24, 2.45) is 0 Å². The van der Waals surface area contributed by atoms with Gasteiger partial charge in [0.2, 0.25) is 5.91 Å². The molecule has 0 aliphatic heterocycles. The lowest BCUT2D eigenvalue weighted by molar-refractivity contribution is -0.137. The summed E-state index contributed by atoms with van der Waals surface area (Å²) in [6.07, 6.45) is -3.86. The van der Waals surface area contributed by atoms with Crippen LogP contribution < -0.4 is 5.32 Å². The maximum atomic E-state index is 12.9. The number of amides is 1. The van der Waals surface area contributed by atoms with E-state index >= 15 is 0 Å². The highest BCUT2D eigenvalue weighted by Gasteiger charge is 2.33. The first kappa shape index (κ1) is 20.6. The van der Waals surface area contributed by atoms with Gasteiger partial charge in [-0.1, -0.05) is 30.1 Å². The van der Waals surface area contributed by atoms with Crippen molar-refractivity contribution in [2.45, 2.75) is 25.9 Å². The number of nitrogens with zero attached hydrogens (tertiary/aromatic N) is 3. The Kier molecular flexibility index (Phi) is 6.21. The van der Waals surface area contributed by atoms with Crippen LogP contribution in [0.5, 0.6) is 0 Å². The summed E-state index contributed by atoms with van der Waals surface area (Å²) in [6, 6.07) is 3.20. The lowest BCUT2D eigenvalue weighted by Crippen LogP contribution is -2.15. The summed E-state index contributed by atoms with van der Waals surface area (Å²) in [5.74, 6) is -0.318. The van der Waals surface area contributed by atoms with Crippen molar-refractivity contribution in [1.82, 2.24) is 9.78 Å². The van der Waals surface area contributed by atoms with Crippen molar-refractivity contribution in [3.05, 3.63) is 37.9 Å². The second-order valence-electron chi connectivity index (χ2n) is 5.12. The number of hydrogen-bond donors (Lipinski definition) is 1. The first-order valence-corrected chi connectivity index (χ1v) is 8.70. The molecule has 1 heterocycles. The second kappa shape index (κ2) is 7.86. The molecule has 138 valence electrons. The molecule has 0 saturated carbocycles. The molecule has 0 fully saturated rings. The fourth-order valence-electron chi connectivity index (χ4n) is 2.09. The monoisotopic (exact) mass is 468 g/mol. The third-order valence-electron chi connectivity index (χ3n) is 3.22. The number of nitrogens with one attached hydrogen (secondary N) is 1. The van der Waals surface area contributed by atoms with Gasteiger partial charge in [0.15, 0.2) is 11.5 Å². The fraction of sp³-hybridized carbons (Fsp3) is 0.267. The molecular weight excluding hydrogens is 460 g/mol. The average molecular weight is 470 g/mol. The van der Waals surface area contributed by atoms with E-state index < -0.39 is 11.7 Å². The molecule has 0 radical (unpaired) electrons. The largest absolute Gasteiger partial charge is 0.416 e. The molecule has 0 spiro atoms. The summed E-state index contributed by atoms with van der Waals surface area (Å²) in [7, 11) is 0. The molecule has 0 unspecified atom stereocenters. The number of carbonyl (C=O) groups excluding carboxylic acids is 1. The Bertz CT molecular complexity index is 883. The minimum Gasteiger partial charge on any atom is -0.310 e. The molecule has 1 aromatic heterocycles. The summed E-state index contributed by atoms with van der Waals surface area (Å²) in [6.45, 7) is 1.80. The van der Waals surface area contributed by atoms with E-state index in [-0.39, 0.29) is 44.0 Å². The lowest BCUT2D eigenvalue weighted by atomic mass is 10.2. The molecule has 0 aliphatic rings. The molecule has 1 N–H and O–H groups in total. The van der Waals surface area contributed by atoms with Crippen molar-refractivity contribution >= 4 is 50.9 Å². The first-order chi connectivity index (χ1) is 12.1. The number of halogens is 6. The Morgan fingerprint density at radius 2 is 1.96 bits per heavy atom. The molecule has 2 aromatic rings. The molecule has 0 atom stereocenters. The minimum absolute atomic E-state index is 0.0450. The van der Waals surface area contributed by atoms with Crippen LogP contribution in [0.1, 0.15) is 31.0 Å². The highest BCUT2D eigenvalue weighted by molar-refractivity contribution is 9.10. The predicted molar refractivity (Wildman–Crippen MR) is 94.5 cm³/mol. The van der Waals surface area contributed by atoms with Gasteiger partial charge in [0.1, 0.15) is 11.8 Å². The van der Waals surface area contributed by atoms with E-state index in [1.165, 1.54) is 0 Å². The molecule has 1 aromatic carbocycles. The molecule has 11 heteroatoms. The van der Waals surface area contributed by atoms with Gasteiger partial charge in [-0.15, -0.1) is 0 Å². The Morgan fingerprint density at radius 1 is 1.38 bits per heavy atom. The van der Waals surface area contributed by atoms with Crippen LogP contribution in [0.4, 0.5) is 19.0 Å². The molecule has 2 rings (SSSR count). The third-order valence-corrected chi connectivity index (χ3v) is 4.55. The van der Waals surface area contributed by atoms with Gasteiger partial charge in [-0.25, -0.2) is 4.68 Å². The topological polar surface area (TPSA) is 70.7 Å². The van der Waals surface area contributed by atoms with Gasteiger partial charge in [0, 0.05) is 6.42 Å². The number of carbonyl (C=O) groups is 1. The van der Waals surface area contributed by atoms with Crippen molar-refractivity contribution in [3.63, 3.8) is 0 Å². The maximum Gasteiger partial charge on any atom is 0.416 e. The van der Waals surface area contributed by atoms with Crippen LogP contribution in [0.2, 0.25) is 10.0 Å². The van der Waals surface area contributed by atoms with Gasteiger partial charge >= 0.3 is 6.18 Å². The zero-order chi connectivity index (χ0) is 19.6. The molecular formula is C15H10BrCl2F3N4O.